The van der Waals surface area contributed by atoms with E-state index in [1.54, 1.807) is 0 Å². The van der Waals surface area contributed by atoms with E-state index in [0.717, 1.165) is 0 Å². The second kappa shape index (κ2) is 4.95. The fourth-order valence-electron chi connectivity index (χ4n) is 2.06. The predicted octanol–water partition coefficient (Wildman–Crippen LogP) is 3.63. The van der Waals surface area contributed by atoms with Gasteiger partial charge in [-0.25, -0.2) is 0 Å². The van der Waals surface area contributed by atoms with Crippen molar-refractivity contribution < 1.29 is 5.11 Å². The number of allylic oxidation sites excluding steroid dienone is 1. The predicted molar refractivity (Wildman–Crippen MR) is 69.3 cm³/mol. The smallest absolute Gasteiger partial charge is 0.0471 e. The van der Waals surface area contributed by atoms with Crippen LogP contribution in [0.15, 0.2) is 48.5 Å². The van der Waals surface area contributed by atoms with Crippen LogP contribution in [-0.2, 0) is 0 Å². The molecule has 16 heavy (non-hydrogen) atoms. The summed E-state index contributed by atoms with van der Waals surface area (Å²) in [5.41, 5.74) is 2.44. The minimum atomic E-state index is 0.197. The van der Waals surface area contributed by atoms with Crippen LogP contribution in [0, 0.1) is 0 Å². The number of benzene rings is 2. The van der Waals surface area contributed by atoms with E-state index in [1.807, 2.05) is 13.0 Å². The Morgan fingerprint density at radius 1 is 1.12 bits per heavy atom. The van der Waals surface area contributed by atoms with Crippen molar-refractivity contribution in [2.24, 2.45) is 0 Å². The molecule has 0 heterocycles. The van der Waals surface area contributed by atoms with E-state index in [9.17, 15) is 0 Å². The van der Waals surface area contributed by atoms with E-state index in [-0.39, 0.29) is 6.61 Å². The lowest BCUT2D eigenvalue weighted by atomic mass is 9.96. The number of hydrogen-bond acceptors (Lipinski definition) is 1. The first-order valence-electron chi connectivity index (χ1n) is 5.61. The molecular weight excluding hydrogens is 196 g/mol. The van der Waals surface area contributed by atoms with Crippen LogP contribution in [-0.4, -0.2) is 11.7 Å². The number of aliphatic hydroxyl groups is 1. The van der Waals surface area contributed by atoms with Crippen molar-refractivity contribution in [1.82, 2.24) is 0 Å². The van der Waals surface area contributed by atoms with Gasteiger partial charge in [0.2, 0.25) is 0 Å². The summed E-state index contributed by atoms with van der Waals surface area (Å²) >= 11 is 0. The Morgan fingerprint density at radius 2 is 1.88 bits per heavy atom. The van der Waals surface area contributed by atoms with Crippen molar-refractivity contribution in [3.05, 3.63) is 54.1 Å². The average Bonchev–Trinajstić information content (AvgIpc) is 2.35. The number of rotatable bonds is 3. The van der Waals surface area contributed by atoms with Crippen molar-refractivity contribution in [2.45, 2.75) is 13.3 Å². The molecule has 0 amide bonds. The number of fused-ring (bicyclic) bond motifs is 1. The molecule has 0 aliphatic rings. The minimum absolute atomic E-state index is 0.197. The van der Waals surface area contributed by atoms with Gasteiger partial charge in [-0.1, -0.05) is 48.5 Å². The van der Waals surface area contributed by atoms with E-state index in [1.165, 1.54) is 21.9 Å². The highest BCUT2D eigenvalue weighted by molar-refractivity contribution is 5.93. The molecule has 1 N–H and O–H groups in total. The Balaban J connectivity index is 2.59. The second-order valence-electron chi connectivity index (χ2n) is 3.81. The van der Waals surface area contributed by atoms with Gasteiger partial charge in [0.25, 0.3) is 0 Å². The molecule has 0 saturated heterocycles. The van der Waals surface area contributed by atoms with Crippen LogP contribution in [0.3, 0.4) is 0 Å². The highest BCUT2D eigenvalue weighted by Crippen LogP contribution is 2.26. The lowest BCUT2D eigenvalue weighted by Crippen LogP contribution is -1.90. The van der Waals surface area contributed by atoms with Crippen LogP contribution in [0.5, 0.6) is 0 Å². The molecule has 0 saturated carbocycles. The molecular formula is C15H16O. The molecule has 1 heteroatoms. The largest absolute Gasteiger partial charge is 0.396 e. The molecule has 82 valence electrons. The van der Waals surface area contributed by atoms with Crippen molar-refractivity contribution in [3.8, 4) is 0 Å². The Morgan fingerprint density at radius 3 is 2.62 bits per heavy atom. The maximum Gasteiger partial charge on any atom is 0.0471 e. The summed E-state index contributed by atoms with van der Waals surface area (Å²) in [5, 5.41) is 11.6. The fraction of sp³-hybridized carbons (Fsp3) is 0.200. The van der Waals surface area contributed by atoms with Gasteiger partial charge in [-0.05, 0) is 35.3 Å². The van der Waals surface area contributed by atoms with Gasteiger partial charge >= 0.3 is 0 Å². The van der Waals surface area contributed by atoms with Crippen LogP contribution < -0.4 is 0 Å². The lowest BCUT2D eigenvalue weighted by Gasteiger charge is -2.09. The number of hydrogen-bond donors (Lipinski definition) is 1. The minimum Gasteiger partial charge on any atom is -0.396 e. The summed E-state index contributed by atoms with van der Waals surface area (Å²) in [6.07, 6.45) is 2.79. The SMILES string of the molecule is C/C=C(/CCO)c1cccc2ccccc12. The van der Waals surface area contributed by atoms with Crippen LogP contribution in [0.1, 0.15) is 18.9 Å². The molecule has 0 fully saturated rings. The monoisotopic (exact) mass is 212 g/mol. The van der Waals surface area contributed by atoms with Gasteiger partial charge in [-0.2, -0.15) is 0 Å². The lowest BCUT2D eigenvalue weighted by molar-refractivity contribution is 0.305. The van der Waals surface area contributed by atoms with Gasteiger partial charge in [-0.3, -0.25) is 0 Å². The normalized spacial score (nSPS) is 12.0. The van der Waals surface area contributed by atoms with E-state index in [0.29, 0.717) is 6.42 Å². The van der Waals surface area contributed by atoms with Crippen LogP contribution in [0.25, 0.3) is 16.3 Å². The first-order chi connectivity index (χ1) is 7.86. The van der Waals surface area contributed by atoms with Crippen molar-refractivity contribution in [1.29, 1.82) is 0 Å². The second-order valence-corrected chi connectivity index (χ2v) is 3.81. The standard InChI is InChI=1S/C15H16O/c1-2-12(10-11-16)14-9-5-7-13-6-3-4-8-15(13)14/h2-9,16H,10-11H2,1H3/b12-2-. The third-order valence-corrected chi connectivity index (χ3v) is 2.87. The summed E-state index contributed by atoms with van der Waals surface area (Å²) in [6.45, 7) is 2.22. The van der Waals surface area contributed by atoms with Crippen LogP contribution >= 0.6 is 0 Å². The molecule has 2 aromatic carbocycles. The highest BCUT2D eigenvalue weighted by atomic mass is 16.2. The Kier molecular flexibility index (Phi) is 3.37. The Bertz CT molecular complexity index is 506. The highest BCUT2D eigenvalue weighted by Gasteiger charge is 2.04. The average molecular weight is 212 g/mol. The van der Waals surface area contributed by atoms with Gasteiger partial charge in [0.15, 0.2) is 0 Å². The maximum absolute atomic E-state index is 9.06. The summed E-state index contributed by atoms with van der Waals surface area (Å²) in [6, 6.07) is 14.7. The zero-order valence-corrected chi connectivity index (χ0v) is 9.48. The molecule has 0 aliphatic heterocycles. The van der Waals surface area contributed by atoms with Gasteiger partial charge in [0.1, 0.15) is 0 Å². The zero-order chi connectivity index (χ0) is 11.4. The molecule has 2 aromatic rings. The fourth-order valence-corrected chi connectivity index (χ4v) is 2.06. The maximum atomic E-state index is 9.06. The van der Waals surface area contributed by atoms with Crippen molar-refractivity contribution in [2.75, 3.05) is 6.61 Å². The molecule has 0 spiro atoms. The van der Waals surface area contributed by atoms with Crippen molar-refractivity contribution in [3.63, 3.8) is 0 Å². The summed E-state index contributed by atoms with van der Waals surface area (Å²) < 4.78 is 0. The van der Waals surface area contributed by atoms with Crippen molar-refractivity contribution >= 4 is 16.3 Å². The molecule has 0 bridgehead atoms. The quantitative estimate of drug-likeness (QED) is 0.823. The molecule has 2 rings (SSSR count). The zero-order valence-electron chi connectivity index (χ0n) is 9.48. The summed E-state index contributed by atoms with van der Waals surface area (Å²) in [7, 11) is 0. The van der Waals surface area contributed by atoms with Gasteiger partial charge in [0.05, 0.1) is 0 Å². The third kappa shape index (κ3) is 2.00. The molecule has 0 unspecified atom stereocenters. The molecule has 0 atom stereocenters. The van der Waals surface area contributed by atoms with Gasteiger partial charge < -0.3 is 5.11 Å². The Labute approximate surface area is 96.0 Å². The first kappa shape index (κ1) is 10.9. The number of aliphatic hydroxyl groups excluding tert-OH is 1. The van der Waals surface area contributed by atoms with E-state index in [2.05, 4.69) is 42.5 Å². The summed E-state index contributed by atoms with van der Waals surface area (Å²) in [5.74, 6) is 0. The van der Waals surface area contributed by atoms with E-state index >= 15 is 0 Å². The van der Waals surface area contributed by atoms with Gasteiger partial charge in [0, 0.05) is 6.61 Å². The molecule has 0 aromatic heterocycles. The Hall–Kier alpha value is -1.60. The van der Waals surface area contributed by atoms with E-state index in [4.69, 9.17) is 5.11 Å². The van der Waals surface area contributed by atoms with Crippen LogP contribution in [0.2, 0.25) is 0 Å². The topological polar surface area (TPSA) is 20.2 Å². The first-order valence-corrected chi connectivity index (χ1v) is 5.61. The molecule has 1 nitrogen and oxygen atoms in total. The van der Waals surface area contributed by atoms with Gasteiger partial charge in [-0.15, -0.1) is 0 Å². The summed E-state index contributed by atoms with van der Waals surface area (Å²) in [4.78, 5) is 0. The molecule has 0 radical (unpaired) electrons. The molecule has 0 aliphatic carbocycles. The van der Waals surface area contributed by atoms with E-state index < -0.39 is 0 Å². The van der Waals surface area contributed by atoms with Crippen LogP contribution in [0.4, 0.5) is 0 Å². The third-order valence-electron chi connectivity index (χ3n) is 2.87.